The molecule has 3 aromatic heterocycles. The predicted octanol–water partition coefficient (Wildman–Crippen LogP) is 2.53. The fourth-order valence-corrected chi connectivity index (χ4v) is 3.54. The monoisotopic (exact) mass is 338 g/mol. The molecule has 0 unspecified atom stereocenters. The van der Waals surface area contributed by atoms with Gasteiger partial charge in [-0.1, -0.05) is 13.8 Å². The summed E-state index contributed by atoms with van der Waals surface area (Å²) in [7, 11) is 0. The molecule has 7 nitrogen and oxygen atoms in total. The summed E-state index contributed by atoms with van der Waals surface area (Å²) < 4.78 is 4.01. The molecule has 1 amide bonds. The zero-order chi connectivity index (χ0) is 17.4. The van der Waals surface area contributed by atoms with E-state index in [-0.39, 0.29) is 11.9 Å². The third-order valence-corrected chi connectivity index (χ3v) is 4.75. The Hall–Kier alpha value is -2.70. The summed E-state index contributed by atoms with van der Waals surface area (Å²) in [5, 5.41) is 0. The van der Waals surface area contributed by atoms with E-state index in [4.69, 9.17) is 0 Å². The van der Waals surface area contributed by atoms with Gasteiger partial charge in [-0.3, -0.25) is 9.20 Å². The first-order valence-electron chi connectivity index (χ1n) is 8.75. The van der Waals surface area contributed by atoms with Gasteiger partial charge in [0.15, 0.2) is 0 Å². The van der Waals surface area contributed by atoms with Gasteiger partial charge in [-0.2, -0.15) is 0 Å². The van der Waals surface area contributed by atoms with Crippen molar-refractivity contribution in [1.82, 2.24) is 28.8 Å². The predicted molar refractivity (Wildman–Crippen MR) is 93.5 cm³/mol. The number of piperidine rings is 1. The molecular weight excluding hydrogens is 316 g/mol. The van der Waals surface area contributed by atoms with Crippen LogP contribution in [-0.4, -0.2) is 47.8 Å². The number of carbonyl (C=O) groups is 1. The summed E-state index contributed by atoms with van der Waals surface area (Å²) >= 11 is 0. The highest BCUT2D eigenvalue weighted by Crippen LogP contribution is 2.26. The number of fused-ring (bicyclic) bond motifs is 1. The van der Waals surface area contributed by atoms with Crippen LogP contribution >= 0.6 is 0 Å². The Balaban J connectivity index is 1.56. The van der Waals surface area contributed by atoms with Crippen LogP contribution in [-0.2, 0) is 0 Å². The van der Waals surface area contributed by atoms with Gasteiger partial charge < -0.3 is 9.47 Å². The normalized spacial score (nSPS) is 18.2. The lowest BCUT2D eigenvalue weighted by Crippen LogP contribution is -2.41. The van der Waals surface area contributed by atoms with Crippen molar-refractivity contribution in [3.63, 3.8) is 0 Å². The van der Waals surface area contributed by atoms with Crippen LogP contribution in [0.1, 0.15) is 55.0 Å². The van der Waals surface area contributed by atoms with Gasteiger partial charge in [0.25, 0.3) is 5.91 Å². The Morgan fingerprint density at radius 2 is 2.12 bits per heavy atom. The van der Waals surface area contributed by atoms with Crippen LogP contribution in [0.3, 0.4) is 0 Å². The molecule has 7 heteroatoms. The number of hydrogen-bond acceptors (Lipinski definition) is 4. The van der Waals surface area contributed by atoms with E-state index in [0.717, 1.165) is 25.2 Å². The second-order valence-corrected chi connectivity index (χ2v) is 6.85. The number of nitrogens with zero attached hydrogens (tertiary/aromatic N) is 6. The Morgan fingerprint density at radius 1 is 1.24 bits per heavy atom. The zero-order valence-corrected chi connectivity index (χ0v) is 14.5. The molecule has 4 heterocycles. The molecule has 1 atom stereocenters. The summed E-state index contributed by atoms with van der Waals surface area (Å²) in [4.78, 5) is 27.8. The molecule has 1 fully saturated rings. The average Bonchev–Trinajstić information content (AvgIpc) is 3.28. The molecule has 130 valence electrons. The van der Waals surface area contributed by atoms with Gasteiger partial charge >= 0.3 is 0 Å². The lowest BCUT2D eigenvalue weighted by Gasteiger charge is -2.34. The quantitative estimate of drug-likeness (QED) is 0.736. The van der Waals surface area contributed by atoms with Gasteiger partial charge in [-0.15, -0.1) is 0 Å². The molecule has 0 saturated carbocycles. The second-order valence-electron chi connectivity index (χ2n) is 6.85. The smallest absolute Gasteiger partial charge is 0.274 e. The SMILES string of the molecule is CC(C)c1nccn1[C@@H]1CCCN(C(=O)c2cn3cccnc3n2)C1. The van der Waals surface area contributed by atoms with Gasteiger partial charge in [0.05, 0.1) is 6.04 Å². The molecule has 1 saturated heterocycles. The number of rotatable bonds is 3. The maximum atomic E-state index is 12.9. The Bertz CT molecular complexity index is 863. The van der Waals surface area contributed by atoms with Gasteiger partial charge in [-0.05, 0) is 18.9 Å². The number of likely N-dealkylation sites (tertiary alicyclic amines) is 1. The van der Waals surface area contributed by atoms with Gasteiger partial charge in [-0.25, -0.2) is 15.0 Å². The second kappa shape index (κ2) is 6.31. The highest BCUT2D eigenvalue weighted by molar-refractivity contribution is 5.92. The van der Waals surface area contributed by atoms with Crippen LogP contribution in [0.2, 0.25) is 0 Å². The lowest BCUT2D eigenvalue weighted by molar-refractivity contribution is 0.0672. The van der Waals surface area contributed by atoms with Crippen molar-refractivity contribution in [2.75, 3.05) is 13.1 Å². The van der Waals surface area contributed by atoms with E-state index in [0.29, 0.717) is 23.9 Å². The first kappa shape index (κ1) is 15.8. The molecule has 25 heavy (non-hydrogen) atoms. The standard InChI is InChI=1S/C18H22N6O/c1-13(2)16-19-7-10-24(16)14-5-3-8-22(11-14)17(25)15-12-23-9-4-6-20-18(23)21-15/h4,6-7,9-10,12-14H,3,5,8,11H2,1-2H3/t14-/m1/s1. The number of aromatic nitrogens is 5. The number of carbonyl (C=O) groups excluding carboxylic acids is 1. The van der Waals surface area contributed by atoms with Crippen molar-refractivity contribution in [3.05, 3.63) is 48.6 Å². The molecule has 0 aliphatic carbocycles. The Kier molecular flexibility index (Phi) is 3.99. The van der Waals surface area contributed by atoms with Crippen LogP contribution < -0.4 is 0 Å². The third kappa shape index (κ3) is 2.90. The summed E-state index contributed by atoms with van der Waals surface area (Å²) in [5.74, 6) is 1.97. The lowest BCUT2D eigenvalue weighted by atomic mass is 10.0. The molecule has 3 aromatic rings. The fourth-order valence-electron chi connectivity index (χ4n) is 3.54. The van der Waals surface area contributed by atoms with E-state index in [1.54, 1.807) is 16.8 Å². The fraction of sp³-hybridized carbons (Fsp3) is 0.444. The molecule has 0 aromatic carbocycles. The van der Waals surface area contributed by atoms with Crippen molar-refractivity contribution >= 4 is 11.7 Å². The number of imidazole rings is 2. The maximum Gasteiger partial charge on any atom is 0.274 e. The van der Waals surface area contributed by atoms with E-state index in [9.17, 15) is 4.79 Å². The van der Waals surface area contributed by atoms with Crippen molar-refractivity contribution < 1.29 is 4.79 Å². The first-order valence-corrected chi connectivity index (χ1v) is 8.75. The molecule has 0 spiro atoms. The molecule has 4 rings (SSSR count). The van der Waals surface area contributed by atoms with Crippen LogP contribution in [0.5, 0.6) is 0 Å². The highest BCUT2D eigenvalue weighted by atomic mass is 16.2. The van der Waals surface area contributed by atoms with Crippen LogP contribution in [0.25, 0.3) is 5.78 Å². The zero-order valence-electron chi connectivity index (χ0n) is 14.5. The number of amides is 1. The molecular formula is C18H22N6O. The maximum absolute atomic E-state index is 12.9. The minimum atomic E-state index is -0.0265. The van der Waals surface area contributed by atoms with Gasteiger partial charge in [0.2, 0.25) is 5.78 Å². The molecule has 1 aliphatic rings. The first-order chi connectivity index (χ1) is 12.1. The largest absolute Gasteiger partial charge is 0.335 e. The summed E-state index contributed by atoms with van der Waals surface area (Å²) in [6, 6.07) is 2.10. The van der Waals surface area contributed by atoms with E-state index in [1.165, 1.54) is 0 Å². The van der Waals surface area contributed by atoms with Crippen LogP contribution in [0.4, 0.5) is 0 Å². The van der Waals surface area contributed by atoms with Crippen LogP contribution in [0, 0.1) is 0 Å². The van der Waals surface area contributed by atoms with E-state index < -0.39 is 0 Å². The van der Waals surface area contributed by atoms with Gasteiger partial charge in [0.1, 0.15) is 11.5 Å². The van der Waals surface area contributed by atoms with Crippen molar-refractivity contribution in [1.29, 1.82) is 0 Å². The minimum absolute atomic E-state index is 0.0265. The van der Waals surface area contributed by atoms with Gasteiger partial charge in [0, 0.05) is 50.0 Å². The molecule has 0 radical (unpaired) electrons. The average molecular weight is 338 g/mol. The Morgan fingerprint density at radius 3 is 2.92 bits per heavy atom. The third-order valence-electron chi connectivity index (χ3n) is 4.75. The molecule has 0 N–H and O–H groups in total. The minimum Gasteiger partial charge on any atom is -0.335 e. The molecule has 1 aliphatic heterocycles. The van der Waals surface area contributed by atoms with Crippen molar-refractivity contribution in [2.24, 2.45) is 0 Å². The van der Waals surface area contributed by atoms with E-state index in [2.05, 4.69) is 33.4 Å². The molecule has 0 bridgehead atoms. The topological polar surface area (TPSA) is 68.3 Å². The number of hydrogen-bond donors (Lipinski definition) is 0. The Labute approximate surface area is 146 Å². The summed E-state index contributed by atoms with van der Waals surface area (Å²) in [5.41, 5.74) is 0.453. The summed E-state index contributed by atoms with van der Waals surface area (Å²) in [6.07, 6.45) is 11.2. The van der Waals surface area contributed by atoms with Crippen molar-refractivity contribution in [2.45, 2.75) is 38.6 Å². The van der Waals surface area contributed by atoms with E-state index >= 15 is 0 Å². The highest BCUT2D eigenvalue weighted by Gasteiger charge is 2.28. The summed E-state index contributed by atoms with van der Waals surface area (Å²) in [6.45, 7) is 5.75. The van der Waals surface area contributed by atoms with Crippen molar-refractivity contribution in [3.8, 4) is 0 Å². The van der Waals surface area contributed by atoms with Crippen LogP contribution in [0.15, 0.2) is 37.1 Å². The van der Waals surface area contributed by atoms with E-state index in [1.807, 2.05) is 29.6 Å².